The number of phenolic OH excluding ortho intramolecular Hbond substituents is 1. The number of rotatable bonds is 5. The number of para-hydroxylation sites is 2. The van der Waals surface area contributed by atoms with E-state index in [0.29, 0.717) is 0 Å². The Morgan fingerprint density at radius 3 is 2.46 bits per heavy atom. The van der Waals surface area contributed by atoms with Gasteiger partial charge >= 0.3 is 0 Å². The third-order valence-electron chi connectivity index (χ3n) is 7.89. The van der Waals surface area contributed by atoms with Gasteiger partial charge in [-0.2, -0.15) is 0 Å². The maximum atomic E-state index is 11.2. The number of nitrogens with one attached hydrogen (secondary N) is 1. The van der Waals surface area contributed by atoms with Crippen LogP contribution < -0.4 is 10.2 Å². The number of hydrogen-bond donors (Lipinski definition) is 2. The Bertz CT molecular complexity index is 1470. The summed E-state index contributed by atoms with van der Waals surface area (Å²) in [5.74, 6) is 0.277. The van der Waals surface area contributed by atoms with Gasteiger partial charge in [-0.15, -0.1) is 11.3 Å². The highest BCUT2D eigenvalue weighted by atomic mass is 35.5. The van der Waals surface area contributed by atoms with Gasteiger partial charge in [0.2, 0.25) is 0 Å². The number of aromatic hydroxyl groups is 1. The highest BCUT2D eigenvalue weighted by Gasteiger charge is 2.48. The van der Waals surface area contributed by atoms with E-state index in [0.717, 1.165) is 83.1 Å². The van der Waals surface area contributed by atoms with Gasteiger partial charge in [-0.3, -0.25) is 0 Å². The Kier molecular flexibility index (Phi) is 6.82. The van der Waals surface area contributed by atoms with E-state index in [2.05, 4.69) is 71.6 Å². The van der Waals surface area contributed by atoms with Crippen molar-refractivity contribution in [3.63, 3.8) is 0 Å². The largest absolute Gasteiger partial charge is 0.506 e. The summed E-state index contributed by atoms with van der Waals surface area (Å²) in [4.78, 5) is 9.70. The topological polar surface area (TPSA) is 51.6 Å². The number of hydrogen-bond acceptors (Lipinski definition) is 6. The molecular formula is C32H35ClN4OS. The molecule has 2 aliphatic rings. The van der Waals surface area contributed by atoms with Crippen molar-refractivity contribution >= 4 is 45.1 Å². The Morgan fingerprint density at radius 2 is 1.72 bits per heavy atom. The number of halogens is 1. The molecule has 5 nitrogen and oxygen atoms in total. The number of phenols is 1. The molecule has 7 heteroatoms. The maximum Gasteiger partial charge on any atom is 0.187 e. The number of thiazole rings is 1. The van der Waals surface area contributed by atoms with E-state index in [9.17, 15) is 5.11 Å². The monoisotopic (exact) mass is 558 g/mol. The first kappa shape index (κ1) is 26.2. The van der Waals surface area contributed by atoms with Crippen LogP contribution in [-0.2, 0) is 5.41 Å². The van der Waals surface area contributed by atoms with Crippen LogP contribution in [-0.4, -0.2) is 41.2 Å². The molecule has 0 bridgehead atoms. The lowest BCUT2D eigenvalue weighted by Gasteiger charge is -2.42. The molecule has 39 heavy (non-hydrogen) atoms. The second kappa shape index (κ2) is 10.2. The van der Waals surface area contributed by atoms with Crippen LogP contribution in [0.25, 0.3) is 11.3 Å². The minimum atomic E-state index is -0.103. The van der Waals surface area contributed by atoms with Gasteiger partial charge in [-0.05, 0) is 55.6 Å². The summed E-state index contributed by atoms with van der Waals surface area (Å²) in [5, 5.41) is 18.4. The first-order valence-corrected chi connectivity index (χ1v) is 14.9. The van der Waals surface area contributed by atoms with Gasteiger partial charge in [-0.1, -0.05) is 74.8 Å². The first-order chi connectivity index (χ1) is 18.7. The van der Waals surface area contributed by atoms with E-state index >= 15 is 0 Å². The number of likely N-dealkylation sites (tertiary alicyclic amines) is 1. The SMILES string of the molecule is CC(C)(C)CN1CCC2(CC1)CN(c1ccccc1Nc1nc(-c3ccccc3)cs1)c1c(O)ccc(Cl)c12. The van der Waals surface area contributed by atoms with Crippen molar-refractivity contribution in [2.24, 2.45) is 5.41 Å². The van der Waals surface area contributed by atoms with Crippen LogP contribution in [0.15, 0.2) is 72.1 Å². The quantitative estimate of drug-likeness (QED) is 0.257. The first-order valence-electron chi connectivity index (χ1n) is 13.6. The van der Waals surface area contributed by atoms with Crippen molar-refractivity contribution < 1.29 is 5.11 Å². The van der Waals surface area contributed by atoms with Crippen LogP contribution >= 0.6 is 22.9 Å². The summed E-state index contributed by atoms with van der Waals surface area (Å²) in [6.07, 6.45) is 2.02. The van der Waals surface area contributed by atoms with Crippen molar-refractivity contribution in [2.45, 2.75) is 39.0 Å². The van der Waals surface area contributed by atoms with Crippen molar-refractivity contribution in [2.75, 3.05) is 36.4 Å². The molecule has 0 amide bonds. The number of benzene rings is 3. The third kappa shape index (κ3) is 5.13. The van der Waals surface area contributed by atoms with E-state index in [4.69, 9.17) is 16.6 Å². The third-order valence-corrected chi connectivity index (χ3v) is 8.96. The smallest absolute Gasteiger partial charge is 0.187 e. The molecule has 1 saturated heterocycles. The van der Waals surface area contributed by atoms with Gasteiger partial charge in [-0.25, -0.2) is 4.98 Å². The molecule has 6 rings (SSSR count). The van der Waals surface area contributed by atoms with Crippen molar-refractivity contribution in [1.82, 2.24) is 9.88 Å². The molecule has 0 saturated carbocycles. The minimum Gasteiger partial charge on any atom is -0.506 e. The summed E-state index contributed by atoms with van der Waals surface area (Å²) in [7, 11) is 0. The molecule has 0 unspecified atom stereocenters. The number of aromatic nitrogens is 1. The standard InChI is InChI=1S/C32H35ClN4OS/c1-31(2,3)20-36-17-15-32(16-18-36)21-37(29-27(38)14-13-23(33)28(29)32)26-12-8-7-11-24(26)34-30-35-25(19-39-30)22-9-5-4-6-10-22/h4-14,19,38H,15-18,20-21H2,1-3H3,(H,34,35). The predicted molar refractivity (Wildman–Crippen MR) is 164 cm³/mol. The lowest BCUT2D eigenvalue weighted by molar-refractivity contribution is 0.125. The molecule has 202 valence electrons. The van der Waals surface area contributed by atoms with Crippen LogP contribution in [0, 0.1) is 5.41 Å². The highest BCUT2D eigenvalue weighted by Crippen LogP contribution is 2.56. The normalized spacial score (nSPS) is 17.0. The fourth-order valence-electron chi connectivity index (χ4n) is 6.22. The molecule has 1 spiro atoms. The maximum absolute atomic E-state index is 11.2. The van der Waals surface area contributed by atoms with Crippen LogP contribution in [0.5, 0.6) is 5.75 Å². The van der Waals surface area contributed by atoms with E-state index in [1.54, 1.807) is 17.4 Å². The Balaban J connectivity index is 1.33. The lowest BCUT2D eigenvalue weighted by atomic mass is 9.74. The Labute approximate surface area is 240 Å². The van der Waals surface area contributed by atoms with Gasteiger partial charge in [0.05, 0.1) is 22.8 Å². The molecular weight excluding hydrogens is 524 g/mol. The number of nitrogens with zero attached hydrogens (tertiary/aromatic N) is 3. The molecule has 0 aliphatic carbocycles. The van der Waals surface area contributed by atoms with Gasteiger partial charge in [0.15, 0.2) is 5.13 Å². The second-order valence-electron chi connectivity index (χ2n) is 12.0. The van der Waals surface area contributed by atoms with Crippen LogP contribution in [0.1, 0.15) is 39.2 Å². The van der Waals surface area contributed by atoms with E-state index in [1.807, 2.05) is 30.3 Å². The number of fused-ring (bicyclic) bond motifs is 2. The number of anilines is 4. The van der Waals surface area contributed by atoms with E-state index in [-0.39, 0.29) is 16.6 Å². The molecule has 3 aromatic carbocycles. The van der Waals surface area contributed by atoms with Gasteiger partial charge in [0, 0.05) is 40.0 Å². The molecule has 2 aliphatic heterocycles. The molecule has 1 fully saturated rings. The van der Waals surface area contributed by atoms with Gasteiger partial charge in [0.1, 0.15) is 5.75 Å². The second-order valence-corrected chi connectivity index (χ2v) is 13.3. The predicted octanol–water partition coefficient (Wildman–Crippen LogP) is 8.44. The van der Waals surface area contributed by atoms with Crippen molar-refractivity contribution in [1.29, 1.82) is 0 Å². The summed E-state index contributed by atoms with van der Waals surface area (Å²) in [5.41, 5.74) is 6.12. The van der Waals surface area contributed by atoms with Crippen LogP contribution in [0.3, 0.4) is 0 Å². The average molecular weight is 559 g/mol. The molecule has 0 radical (unpaired) electrons. The van der Waals surface area contributed by atoms with Gasteiger partial charge < -0.3 is 20.2 Å². The Hall–Kier alpha value is -3.06. The Morgan fingerprint density at radius 1 is 1.00 bits per heavy atom. The zero-order chi connectivity index (χ0) is 27.2. The van der Waals surface area contributed by atoms with Crippen molar-refractivity contribution in [3.05, 3.63) is 82.7 Å². The summed E-state index contributed by atoms with van der Waals surface area (Å²) in [6.45, 7) is 10.8. The summed E-state index contributed by atoms with van der Waals surface area (Å²) < 4.78 is 0. The lowest BCUT2D eigenvalue weighted by Crippen LogP contribution is -2.46. The molecule has 4 aromatic rings. The summed E-state index contributed by atoms with van der Waals surface area (Å²) >= 11 is 8.51. The van der Waals surface area contributed by atoms with Crippen molar-refractivity contribution in [3.8, 4) is 17.0 Å². The number of piperidine rings is 1. The fraction of sp³-hybridized carbons (Fsp3) is 0.344. The highest BCUT2D eigenvalue weighted by molar-refractivity contribution is 7.14. The molecule has 3 heterocycles. The van der Waals surface area contributed by atoms with Crippen LogP contribution in [0.4, 0.5) is 22.2 Å². The van der Waals surface area contributed by atoms with Crippen LogP contribution in [0.2, 0.25) is 5.02 Å². The average Bonchev–Trinajstić information content (AvgIpc) is 3.52. The zero-order valence-electron chi connectivity index (χ0n) is 22.7. The fourth-order valence-corrected chi connectivity index (χ4v) is 7.31. The molecule has 0 atom stereocenters. The van der Waals surface area contributed by atoms with E-state index in [1.165, 1.54) is 0 Å². The summed E-state index contributed by atoms with van der Waals surface area (Å²) in [6, 6.07) is 22.1. The zero-order valence-corrected chi connectivity index (χ0v) is 24.3. The molecule has 1 aromatic heterocycles. The molecule has 2 N–H and O–H groups in total. The van der Waals surface area contributed by atoms with Gasteiger partial charge in [0.25, 0.3) is 0 Å². The minimum absolute atomic E-state index is 0.103. The van der Waals surface area contributed by atoms with E-state index < -0.39 is 0 Å².